The average Bonchev–Trinajstić information content (AvgIpc) is 2.42. The monoisotopic (exact) mass is 253 g/mol. The largest absolute Gasteiger partial charge is 0.297 e. The summed E-state index contributed by atoms with van der Waals surface area (Å²) < 4.78 is 0. The predicted molar refractivity (Wildman–Crippen MR) is 80.0 cm³/mol. The highest BCUT2D eigenvalue weighted by Gasteiger charge is 2.38. The van der Waals surface area contributed by atoms with Crippen molar-refractivity contribution in [2.45, 2.75) is 71.9 Å². The van der Waals surface area contributed by atoms with Gasteiger partial charge in [-0.3, -0.25) is 16.2 Å². The summed E-state index contributed by atoms with van der Waals surface area (Å²) in [5, 5.41) is 0. The summed E-state index contributed by atoms with van der Waals surface area (Å²) in [7, 11) is 0. The van der Waals surface area contributed by atoms with Crippen LogP contribution in [0.5, 0.6) is 0 Å². The number of nitrogens with two attached hydrogens (primary N) is 1. The summed E-state index contributed by atoms with van der Waals surface area (Å²) in [6.07, 6.45) is 4.14. The maximum absolute atomic E-state index is 5.81. The van der Waals surface area contributed by atoms with Gasteiger partial charge in [0.25, 0.3) is 0 Å². The lowest BCUT2D eigenvalue weighted by Gasteiger charge is -2.47. The van der Waals surface area contributed by atoms with E-state index in [1.807, 2.05) is 6.92 Å². The second-order valence-electron chi connectivity index (χ2n) is 4.67. The zero-order chi connectivity index (χ0) is 14.0. The molecule has 18 heavy (non-hydrogen) atoms. The number of nitrogens with zero attached hydrogens (tertiary/aromatic N) is 1. The van der Waals surface area contributed by atoms with Crippen molar-refractivity contribution in [1.29, 1.82) is 0 Å². The molecule has 3 N–H and O–H groups in total. The normalized spacial score (nSPS) is 13.3. The number of likely N-dealkylation sites (N-methyl/N-ethyl adjacent to an activating group) is 1. The molecule has 1 atom stereocenters. The second kappa shape index (κ2) is 9.38. The molecule has 0 aromatic rings. The van der Waals surface area contributed by atoms with Crippen LogP contribution in [0.3, 0.4) is 0 Å². The van der Waals surface area contributed by atoms with Gasteiger partial charge in [-0.05, 0) is 39.3 Å². The molecule has 0 saturated carbocycles. The van der Waals surface area contributed by atoms with E-state index in [4.69, 9.17) is 5.84 Å². The number of nitrogens with one attached hydrogen (secondary N) is 1. The summed E-state index contributed by atoms with van der Waals surface area (Å²) in [5.74, 6) is 11.9. The van der Waals surface area contributed by atoms with Crippen LogP contribution >= 0.6 is 0 Å². The molecule has 0 aliphatic heterocycles. The molecule has 0 aromatic carbocycles. The number of hydrogen-bond donors (Lipinski definition) is 2. The Hall–Kier alpha value is -0.560. The Labute approximate surface area is 113 Å². The van der Waals surface area contributed by atoms with Crippen molar-refractivity contribution < 1.29 is 0 Å². The van der Waals surface area contributed by atoms with Crippen LogP contribution < -0.4 is 11.3 Å². The van der Waals surface area contributed by atoms with Crippen LogP contribution in [-0.4, -0.2) is 29.6 Å². The van der Waals surface area contributed by atoms with E-state index in [0.29, 0.717) is 6.04 Å². The molecule has 0 aromatic heterocycles. The SMILES string of the molecule is CC#CCCC(NN)C(CC)(CC)N(CC)CC. The van der Waals surface area contributed by atoms with Crippen molar-refractivity contribution >= 4 is 0 Å². The first-order valence-corrected chi connectivity index (χ1v) is 7.27. The van der Waals surface area contributed by atoms with Crippen LogP contribution in [0.1, 0.15) is 60.3 Å². The average molecular weight is 253 g/mol. The third kappa shape index (κ3) is 3.98. The van der Waals surface area contributed by atoms with Gasteiger partial charge in [-0.15, -0.1) is 11.8 Å². The van der Waals surface area contributed by atoms with Crippen LogP contribution in [0.4, 0.5) is 0 Å². The molecule has 0 amide bonds. The fourth-order valence-corrected chi connectivity index (χ4v) is 3.11. The molecule has 0 aliphatic rings. The maximum atomic E-state index is 5.81. The highest BCUT2D eigenvalue weighted by molar-refractivity contribution is 5.01. The van der Waals surface area contributed by atoms with Gasteiger partial charge in [0.05, 0.1) is 0 Å². The molecule has 106 valence electrons. The Morgan fingerprint density at radius 3 is 2.06 bits per heavy atom. The molecule has 3 nitrogen and oxygen atoms in total. The Kier molecular flexibility index (Phi) is 9.09. The quantitative estimate of drug-likeness (QED) is 0.377. The van der Waals surface area contributed by atoms with Crippen molar-refractivity contribution in [2.75, 3.05) is 13.1 Å². The van der Waals surface area contributed by atoms with Gasteiger partial charge in [0.1, 0.15) is 0 Å². The molecule has 0 fully saturated rings. The highest BCUT2D eigenvalue weighted by atomic mass is 15.3. The molecule has 0 spiro atoms. The minimum Gasteiger partial charge on any atom is -0.297 e. The molecule has 0 saturated heterocycles. The molecule has 0 heterocycles. The second-order valence-corrected chi connectivity index (χ2v) is 4.67. The zero-order valence-corrected chi connectivity index (χ0v) is 12.8. The van der Waals surface area contributed by atoms with E-state index in [1.54, 1.807) is 0 Å². The lowest BCUT2D eigenvalue weighted by molar-refractivity contribution is 0.0466. The van der Waals surface area contributed by atoms with Gasteiger partial charge in [-0.1, -0.05) is 27.7 Å². The van der Waals surface area contributed by atoms with Gasteiger partial charge in [-0.2, -0.15) is 0 Å². The minimum absolute atomic E-state index is 0.146. The van der Waals surface area contributed by atoms with Crippen LogP contribution in [0.25, 0.3) is 0 Å². The molecule has 1 unspecified atom stereocenters. The third-order valence-electron chi connectivity index (χ3n) is 4.20. The molecule has 0 bridgehead atoms. The lowest BCUT2D eigenvalue weighted by atomic mass is 9.80. The van der Waals surface area contributed by atoms with Crippen LogP contribution in [0.2, 0.25) is 0 Å². The van der Waals surface area contributed by atoms with E-state index in [0.717, 1.165) is 38.8 Å². The van der Waals surface area contributed by atoms with E-state index in [1.165, 1.54) is 0 Å². The number of hydrazine groups is 1. The Balaban J connectivity index is 5.03. The molecule has 0 radical (unpaired) electrons. The van der Waals surface area contributed by atoms with Gasteiger partial charge >= 0.3 is 0 Å². The fourth-order valence-electron chi connectivity index (χ4n) is 3.11. The minimum atomic E-state index is 0.146. The molecular formula is C15H31N3. The number of rotatable bonds is 9. The van der Waals surface area contributed by atoms with Gasteiger partial charge in [0.15, 0.2) is 0 Å². The summed E-state index contributed by atoms with van der Waals surface area (Å²) in [6.45, 7) is 13.0. The summed E-state index contributed by atoms with van der Waals surface area (Å²) >= 11 is 0. The van der Waals surface area contributed by atoms with Gasteiger partial charge in [0, 0.05) is 18.0 Å². The van der Waals surface area contributed by atoms with Crippen molar-refractivity contribution in [3.8, 4) is 11.8 Å². The van der Waals surface area contributed by atoms with Crippen LogP contribution in [-0.2, 0) is 0 Å². The van der Waals surface area contributed by atoms with Crippen LogP contribution in [0, 0.1) is 11.8 Å². The predicted octanol–water partition coefficient (Wildman–Crippen LogP) is 2.52. The topological polar surface area (TPSA) is 41.3 Å². The first-order valence-electron chi connectivity index (χ1n) is 7.27. The molecule has 0 aliphatic carbocycles. The van der Waals surface area contributed by atoms with E-state index in [9.17, 15) is 0 Å². The van der Waals surface area contributed by atoms with E-state index < -0.39 is 0 Å². The Morgan fingerprint density at radius 1 is 1.17 bits per heavy atom. The zero-order valence-electron chi connectivity index (χ0n) is 12.8. The Bertz CT molecular complexity index is 257. The van der Waals surface area contributed by atoms with Crippen molar-refractivity contribution in [2.24, 2.45) is 5.84 Å². The lowest BCUT2D eigenvalue weighted by Crippen LogP contribution is -2.62. The van der Waals surface area contributed by atoms with Gasteiger partial charge in [0.2, 0.25) is 0 Å². The van der Waals surface area contributed by atoms with Gasteiger partial charge < -0.3 is 0 Å². The first kappa shape index (κ1) is 17.4. The van der Waals surface area contributed by atoms with Crippen molar-refractivity contribution in [3.05, 3.63) is 0 Å². The highest BCUT2D eigenvalue weighted by Crippen LogP contribution is 2.29. The Morgan fingerprint density at radius 2 is 1.72 bits per heavy atom. The van der Waals surface area contributed by atoms with Gasteiger partial charge in [-0.25, -0.2) is 0 Å². The van der Waals surface area contributed by atoms with E-state index >= 15 is 0 Å². The molecule has 3 heteroatoms. The van der Waals surface area contributed by atoms with Crippen molar-refractivity contribution in [1.82, 2.24) is 10.3 Å². The van der Waals surface area contributed by atoms with Crippen molar-refractivity contribution in [3.63, 3.8) is 0 Å². The summed E-state index contributed by atoms with van der Waals surface area (Å²) in [5.41, 5.74) is 3.19. The first-order chi connectivity index (χ1) is 8.66. The molecular weight excluding hydrogens is 222 g/mol. The van der Waals surface area contributed by atoms with Crippen LogP contribution in [0.15, 0.2) is 0 Å². The van der Waals surface area contributed by atoms with E-state index in [2.05, 4.69) is 49.9 Å². The number of hydrogen-bond acceptors (Lipinski definition) is 3. The molecule has 0 rings (SSSR count). The summed E-state index contributed by atoms with van der Waals surface area (Å²) in [4.78, 5) is 2.54. The maximum Gasteiger partial charge on any atom is 0.0403 e. The standard InChI is InChI=1S/C15H31N3/c1-6-11-12-13-14(17-16)15(7-2,8-3)18(9-4)10-5/h14,17H,7-10,12-13,16H2,1-5H3. The van der Waals surface area contributed by atoms with E-state index in [-0.39, 0.29) is 5.54 Å². The smallest absolute Gasteiger partial charge is 0.0403 e. The third-order valence-corrected chi connectivity index (χ3v) is 4.20. The fraction of sp³-hybridized carbons (Fsp3) is 0.867. The summed E-state index contributed by atoms with van der Waals surface area (Å²) in [6, 6.07) is 0.299.